The molecule has 2 heterocycles. The Labute approximate surface area is 164 Å². The van der Waals surface area contributed by atoms with E-state index in [-0.39, 0.29) is 0 Å². The predicted molar refractivity (Wildman–Crippen MR) is 117 cm³/mol. The summed E-state index contributed by atoms with van der Waals surface area (Å²) < 4.78 is 0. The maximum atomic E-state index is 6.18. The van der Waals surface area contributed by atoms with Crippen LogP contribution in [0.2, 0.25) is 0 Å². The van der Waals surface area contributed by atoms with E-state index >= 15 is 0 Å². The van der Waals surface area contributed by atoms with Crippen molar-refractivity contribution in [2.75, 3.05) is 30.5 Å². The van der Waals surface area contributed by atoms with Gasteiger partial charge in [-0.15, -0.1) is 0 Å². The number of para-hydroxylation sites is 1. The van der Waals surface area contributed by atoms with E-state index in [2.05, 4.69) is 39.1 Å². The molecular formula is C23H23N5. The first-order chi connectivity index (χ1) is 13.5. The van der Waals surface area contributed by atoms with Crippen LogP contribution in [-0.2, 0) is 6.42 Å². The molecule has 5 heteroatoms. The van der Waals surface area contributed by atoms with E-state index in [9.17, 15) is 0 Å². The molecule has 0 atom stereocenters. The third kappa shape index (κ3) is 3.34. The molecule has 0 fully saturated rings. The van der Waals surface area contributed by atoms with Crippen LogP contribution in [-0.4, -0.2) is 24.1 Å². The number of benzene rings is 2. The van der Waals surface area contributed by atoms with Crippen molar-refractivity contribution in [3.63, 3.8) is 0 Å². The Bertz CT molecular complexity index is 1150. The average Bonchev–Trinajstić information content (AvgIpc) is 2.69. The van der Waals surface area contributed by atoms with Gasteiger partial charge in [0.05, 0.1) is 11.2 Å². The normalized spacial score (nSPS) is 10.9. The number of rotatable bonds is 4. The summed E-state index contributed by atoms with van der Waals surface area (Å²) in [6.07, 6.45) is 2.51. The number of nitrogen functional groups attached to an aromatic ring is 2. The van der Waals surface area contributed by atoms with E-state index < -0.39 is 0 Å². The van der Waals surface area contributed by atoms with Crippen molar-refractivity contribution in [1.82, 2.24) is 9.97 Å². The minimum absolute atomic E-state index is 0.492. The van der Waals surface area contributed by atoms with Crippen molar-refractivity contribution in [1.29, 1.82) is 0 Å². The summed E-state index contributed by atoms with van der Waals surface area (Å²) in [5.74, 6) is 0.492. The summed E-state index contributed by atoms with van der Waals surface area (Å²) in [7, 11) is 4.09. The molecule has 0 aliphatic rings. The lowest BCUT2D eigenvalue weighted by atomic mass is 9.98. The number of nitrogens with zero attached hydrogens (tertiary/aromatic N) is 3. The molecule has 0 bridgehead atoms. The van der Waals surface area contributed by atoms with E-state index in [0.29, 0.717) is 5.82 Å². The van der Waals surface area contributed by atoms with Crippen molar-refractivity contribution in [2.45, 2.75) is 6.42 Å². The van der Waals surface area contributed by atoms with Crippen LogP contribution < -0.4 is 16.4 Å². The number of nitrogens with two attached hydrogens (primary N) is 2. The van der Waals surface area contributed by atoms with Crippen LogP contribution in [0.1, 0.15) is 11.1 Å². The topological polar surface area (TPSA) is 81.1 Å². The minimum atomic E-state index is 0.492. The quantitative estimate of drug-likeness (QED) is 0.529. The fourth-order valence-corrected chi connectivity index (χ4v) is 3.47. The maximum absolute atomic E-state index is 6.18. The number of aromatic nitrogens is 2. The van der Waals surface area contributed by atoms with Gasteiger partial charge >= 0.3 is 0 Å². The highest BCUT2D eigenvalue weighted by Gasteiger charge is 2.12. The number of anilines is 3. The van der Waals surface area contributed by atoms with Gasteiger partial charge in [-0.2, -0.15) is 0 Å². The van der Waals surface area contributed by atoms with Crippen LogP contribution in [0.5, 0.6) is 0 Å². The Hall–Kier alpha value is -3.60. The molecule has 4 aromatic rings. The second-order valence-corrected chi connectivity index (χ2v) is 7.08. The van der Waals surface area contributed by atoms with Crippen molar-refractivity contribution in [3.05, 3.63) is 78.0 Å². The van der Waals surface area contributed by atoms with Crippen LogP contribution in [0.15, 0.2) is 66.9 Å². The third-order valence-electron chi connectivity index (χ3n) is 4.92. The lowest BCUT2D eigenvalue weighted by Crippen LogP contribution is -2.12. The van der Waals surface area contributed by atoms with Crippen molar-refractivity contribution >= 4 is 28.1 Å². The highest BCUT2D eigenvalue weighted by molar-refractivity contribution is 5.91. The Balaban J connectivity index is 1.82. The van der Waals surface area contributed by atoms with Crippen molar-refractivity contribution in [2.24, 2.45) is 0 Å². The summed E-state index contributed by atoms with van der Waals surface area (Å²) >= 11 is 0. The van der Waals surface area contributed by atoms with E-state index in [1.54, 1.807) is 6.20 Å². The van der Waals surface area contributed by atoms with Gasteiger partial charge in [0.2, 0.25) is 0 Å². The van der Waals surface area contributed by atoms with Gasteiger partial charge in [-0.1, -0.05) is 24.3 Å². The van der Waals surface area contributed by atoms with Crippen molar-refractivity contribution < 1.29 is 0 Å². The second-order valence-electron chi connectivity index (χ2n) is 7.08. The number of hydrogen-bond acceptors (Lipinski definition) is 5. The Kier molecular flexibility index (Phi) is 4.57. The molecule has 0 aliphatic carbocycles. The van der Waals surface area contributed by atoms with Gasteiger partial charge in [0.15, 0.2) is 0 Å². The zero-order valence-corrected chi connectivity index (χ0v) is 16.1. The highest BCUT2D eigenvalue weighted by atomic mass is 15.1. The molecule has 2 aromatic carbocycles. The first-order valence-electron chi connectivity index (χ1n) is 9.18. The maximum Gasteiger partial charge on any atom is 0.133 e. The molecule has 0 amide bonds. The number of pyridine rings is 2. The molecule has 140 valence electrons. The fourth-order valence-electron chi connectivity index (χ4n) is 3.47. The van der Waals surface area contributed by atoms with Crippen LogP contribution >= 0.6 is 0 Å². The van der Waals surface area contributed by atoms with Gasteiger partial charge in [-0.25, -0.2) is 4.98 Å². The molecule has 4 N–H and O–H groups in total. The zero-order valence-electron chi connectivity index (χ0n) is 16.1. The van der Waals surface area contributed by atoms with Gasteiger partial charge in [0, 0.05) is 49.0 Å². The van der Waals surface area contributed by atoms with Crippen LogP contribution in [0.25, 0.3) is 22.2 Å². The smallest absolute Gasteiger partial charge is 0.133 e. The van der Waals surface area contributed by atoms with Gasteiger partial charge < -0.3 is 16.4 Å². The van der Waals surface area contributed by atoms with E-state index in [1.165, 1.54) is 5.56 Å². The first-order valence-corrected chi connectivity index (χ1v) is 9.18. The molecule has 0 unspecified atom stereocenters. The number of fused-ring (bicyclic) bond motifs is 1. The summed E-state index contributed by atoms with van der Waals surface area (Å²) in [6, 6.07) is 20.1. The summed E-state index contributed by atoms with van der Waals surface area (Å²) in [5.41, 5.74) is 19.3. The summed E-state index contributed by atoms with van der Waals surface area (Å²) in [4.78, 5) is 11.2. The van der Waals surface area contributed by atoms with E-state index in [0.717, 1.165) is 45.5 Å². The van der Waals surface area contributed by atoms with Crippen molar-refractivity contribution in [3.8, 4) is 11.3 Å². The van der Waals surface area contributed by atoms with Gasteiger partial charge in [-0.05, 0) is 47.5 Å². The van der Waals surface area contributed by atoms with Gasteiger partial charge in [0.25, 0.3) is 0 Å². The summed E-state index contributed by atoms with van der Waals surface area (Å²) in [5, 5.41) is 0.869. The van der Waals surface area contributed by atoms with Gasteiger partial charge in [0.1, 0.15) is 5.82 Å². The molecule has 0 saturated carbocycles. The third-order valence-corrected chi connectivity index (χ3v) is 4.92. The molecule has 4 rings (SSSR count). The SMILES string of the molecule is CN(C)c1ccc(-c2cc3ncccc3c(N)n2)cc1Cc1ccccc1N. The standard InChI is InChI=1S/C23H23N5/c1-28(2)22-10-9-16(13-17(22)12-15-6-3-4-8-19(15)24)20-14-21-18(23(25)27-20)7-5-11-26-21/h3-11,13-14H,12,24H2,1-2H3,(H2,25,27). The van der Waals surface area contributed by atoms with Crippen LogP contribution in [0, 0.1) is 0 Å². The molecular weight excluding hydrogens is 346 g/mol. The summed E-state index contributed by atoms with van der Waals surface area (Å²) in [6.45, 7) is 0. The average molecular weight is 369 g/mol. The predicted octanol–water partition coefficient (Wildman–Crippen LogP) is 4.12. The molecule has 0 aliphatic heterocycles. The lowest BCUT2D eigenvalue weighted by Gasteiger charge is -2.19. The molecule has 0 spiro atoms. The number of hydrogen-bond donors (Lipinski definition) is 2. The largest absolute Gasteiger partial charge is 0.398 e. The Morgan fingerprint density at radius 2 is 1.71 bits per heavy atom. The Morgan fingerprint density at radius 3 is 2.50 bits per heavy atom. The minimum Gasteiger partial charge on any atom is -0.398 e. The molecule has 0 saturated heterocycles. The molecule has 0 radical (unpaired) electrons. The first kappa shape index (κ1) is 17.8. The molecule has 2 aromatic heterocycles. The lowest BCUT2D eigenvalue weighted by molar-refractivity contribution is 1.08. The Morgan fingerprint density at radius 1 is 0.893 bits per heavy atom. The molecule has 28 heavy (non-hydrogen) atoms. The second kappa shape index (κ2) is 7.19. The molecule has 5 nitrogen and oxygen atoms in total. The van der Waals surface area contributed by atoms with Gasteiger partial charge in [-0.3, -0.25) is 4.98 Å². The fraction of sp³-hybridized carbons (Fsp3) is 0.130. The van der Waals surface area contributed by atoms with E-state index in [4.69, 9.17) is 11.5 Å². The zero-order chi connectivity index (χ0) is 19.7. The van der Waals surface area contributed by atoms with Crippen LogP contribution in [0.3, 0.4) is 0 Å². The highest BCUT2D eigenvalue weighted by Crippen LogP contribution is 2.31. The van der Waals surface area contributed by atoms with E-state index in [1.807, 2.05) is 50.5 Å². The monoisotopic (exact) mass is 369 g/mol. The van der Waals surface area contributed by atoms with Crippen LogP contribution in [0.4, 0.5) is 17.2 Å².